The summed E-state index contributed by atoms with van der Waals surface area (Å²) in [6, 6.07) is 9.81. The maximum Gasteiger partial charge on any atom is 0.263 e. The minimum atomic E-state index is -3.72. The first-order chi connectivity index (χ1) is 8.47. The normalized spacial score (nSPS) is 11.2. The minimum Gasteiger partial charge on any atom is -0.368 e. The van der Waals surface area contributed by atoms with Crippen LogP contribution in [0.1, 0.15) is 0 Å². The van der Waals surface area contributed by atoms with Crippen molar-refractivity contribution in [2.24, 2.45) is 0 Å². The second-order valence-corrected chi connectivity index (χ2v) is 5.34. The molecule has 0 saturated heterocycles. The fourth-order valence-electron chi connectivity index (χ4n) is 1.23. The largest absolute Gasteiger partial charge is 0.368 e. The molecule has 0 saturated carbocycles. The number of hydrogen-bond donors (Lipinski definition) is 2. The third-order valence-electron chi connectivity index (χ3n) is 1.95. The van der Waals surface area contributed by atoms with Gasteiger partial charge < -0.3 is 5.73 Å². The molecule has 0 bridgehead atoms. The van der Waals surface area contributed by atoms with Crippen LogP contribution in [-0.4, -0.2) is 18.4 Å². The Morgan fingerprint density at radius 3 is 2.56 bits per heavy atom. The monoisotopic (exact) mass is 283 g/mol. The smallest absolute Gasteiger partial charge is 0.263 e. The molecule has 0 aliphatic heterocycles. The van der Waals surface area contributed by atoms with Crippen molar-refractivity contribution < 1.29 is 8.42 Å². The lowest BCUT2D eigenvalue weighted by molar-refractivity contribution is 0.601. The number of sulfonamides is 1. The zero-order valence-electron chi connectivity index (χ0n) is 8.96. The van der Waals surface area contributed by atoms with E-state index >= 15 is 0 Å². The van der Waals surface area contributed by atoms with Crippen LogP contribution in [0.3, 0.4) is 0 Å². The van der Waals surface area contributed by atoms with Gasteiger partial charge in [-0.3, -0.25) is 4.72 Å². The minimum absolute atomic E-state index is 0.0142. The number of nitrogens with two attached hydrogens (primary N) is 1. The summed E-state index contributed by atoms with van der Waals surface area (Å²) in [5.41, 5.74) is 5.37. The Hall–Kier alpha value is -1.86. The molecule has 2 rings (SSSR count). The van der Waals surface area contributed by atoms with Crippen molar-refractivity contribution >= 4 is 33.4 Å². The van der Waals surface area contributed by atoms with E-state index in [1.807, 2.05) is 0 Å². The van der Waals surface area contributed by atoms with Crippen LogP contribution < -0.4 is 10.5 Å². The summed E-state index contributed by atoms with van der Waals surface area (Å²) in [6.07, 6.45) is 0. The van der Waals surface area contributed by atoms with E-state index in [1.165, 1.54) is 30.3 Å². The first-order valence-electron chi connectivity index (χ1n) is 4.76. The van der Waals surface area contributed by atoms with Gasteiger partial charge in [-0.05, 0) is 18.2 Å². The van der Waals surface area contributed by atoms with E-state index in [4.69, 9.17) is 17.3 Å². The van der Waals surface area contributed by atoms with Gasteiger partial charge in [-0.2, -0.15) is 4.98 Å². The maximum atomic E-state index is 12.0. The number of hydrogen-bond acceptors (Lipinski definition) is 5. The summed E-state index contributed by atoms with van der Waals surface area (Å²) in [5.74, 6) is -0.0954. The number of nitrogens with zero attached hydrogens (tertiary/aromatic N) is 2. The van der Waals surface area contributed by atoms with Crippen molar-refractivity contribution in [2.75, 3.05) is 10.5 Å². The first-order valence-corrected chi connectivity index (χ1v) is 6.62. The van der Waals surface area contributed by atoms with Gasteiger partial charge in [0.25, 0.3) is 10.0 Å². The predicted molar refractivity (Wildman–Crippen MR) is 67.5 cm³/mol. The fraction of sp³-hybridized carbons (Fsp3) is 0. The van der Waals surface area contributed by atoms with Crippen LogP contribution in [-0.2, 0) is 10.0 Å². The van der Waals surface area contributed by atoms with Crippen LogP contribution >= 0.6 is 11.6 Å². The van der Waals surface area contributed by atoms with Gasteiger partial charge >= 0.3 is 0 Å². The van der Waals surface area contributed by atoms with Crippen molar-refractivity contribution in [3.63, 3.8) is 0 Å². The number of rotatable bonds is 3. The predicted octanol–water partition coefficient (Wildman–Crippen LogP) is 1.31. The Kier molecular flexibility index (Phi) is 3.35. The van der Waals surface area contributed by atoms with E-state index in [0.717, 1.165) is 0 Å². The van der Waals surface area contributed by atoms with E-state index in [2.05, 4.69) is 20.8 Å². The second-order valence-electron chi connectivity index (χ2n) is 3.28. The average molecular weight is 284 g/mol. The Labute approximate surface area is 109 Å². The van der Waals surface area contributed by atoms with Gasteiger partial charge in [0.1, 0.15) is 11.0 Å². The Morgan fingerprint density at radius 2 is 1.94 bits per heavy atom. The zero-order chi connectivity index (χ0) is 13.2. The number of nitrogen functional groups attached to an aromatic ring is 1. The van der Waals surface area contributed by atoms with Crippen molar-refractivity contribution in [3.8, 4) is 0 Å². The molecule has 0 unspecified atom stereocenters. The van der Waals surface area contributed by atoms with E-state index < -0.39 is 10.0 Å². The topological polar surface area (TPSA) is 98.0 Å². The van der Waals surface area contributed by atoms with E-state index in [-0.39, 0.29) is 21.8 Å². The summed E-state index contributed by atoms with van der Waals surface area (Å²) >= 11 is 5.65. The Morgan fingerprint density at radius 1 is 1.28 bits per heavy atom. The average Bonchev–Trinajstić information content (AvgIpc) is 2.28. The molecule has 0 aliphatic rings. The summed E-state index contributed by atoms with van der Waals surface area (Å²) in [6.45, 7) is 0. The first kappa shape index (κ1) is 12.6. The molecule has 18 heavy (non-hydrogen) atoms. The molecule has 6 nitrogen and oxygen atoms in total. The number of nitrogens with one attached hydrogen (secondary N) is 1. The molecule has 93 valence electrons. The van der Waals surface area contributed by atoms with Crippen molar-refractivity contribution in [2.45, 2.75) is 4.90 Å². The van der Waals surface area contributed by atoms with E-state index in [0.29, 0.717) is 0 Å². The molecular weight excluding hydrogens is 276 g/mol. The molecule has 0 atom stereocenters. The molecule has 1 aromatic heterocycles. The molecule has 0 amide bonds. The lowest BCUT2D eigenvalue weighted by Crippen LogP contribution is -2.14. The molecule has 1 heterocycles. The highest BCUT2D eigenvalue weighted by atomic mass is 35.5. The summed E-state index contributed by atoms with van der Waals surface area (Å²) < 4.78 is 26.2. The van der Waals surface area contributed by atoms with Gasteiger partial charge in [0.15, 0.2) is 0 Å². The van der Waals surface area contributed by atoms with Crippen LogP contribution in [0, 0.1) is 6.07 Å². The van der Waals surface area contributed by atoms with E-state index in [9.17, 15) is 8.42 Å². The highest BCUT2D eigenvalue weighted by molar-refractivity contribution is 7.92. The number of anilines is 2. The Bertz CT molecular complexity index is 641. The molecule has 0 fully saturated rings. The zero-order valence-corrected chi connectivity index (χ0v) is 10.5. The summed E-state index contributed by atoms with van der Waals surface area (Å²) in [5, 5.41) is 0.0570. The maximum absolute atomic E-state index is 12.0. The molecule has 2 aromatic rings. The molecule has 8 heteroatoms. The van der Waals surface area contributed by atoms with Gasteiger partial charge in [-0.25, -0.2) is 13.4 Å². The highest BCUT2D eigenvalue weighted by Crippen LogP contribution is 2.17. The van der Waals surface area contributed by atoms with Crippen LogP contribution in [0.15, 0.2) is 35.2 Å². The lowest BCUT2D eigenvalue weighted by atomic mass is 10.4. The third-order valence-corrected chi connectivity index (χ3v) is 3.51. The molecule has 3 N–H and O–H groups in total. The van der Waals surface area contributed by atoms with Gasteiger partial charge in [0, 0.05) is 6.07 Å². The number of benzene rings is 1. The van der Waals surface area contributed by atoms with E-state index in [1.54, 1.807) is 0 Å². The molecule has 1 aromatic carbocycles. The SMILES string of the molecule is Nc1nc(Cl)cc(NS(=O)(=O)c2cc[c]cc2)n1. The third kappa shape index (κ3) is 2.88. The van der Waals surface area contributed by atoms with Crippen LogP contribution in [0.5, 0.6) is 0 Å². The number of halogens is 1. The van der Waals surface area contributed by atoms with Crippen molar-refractivity contribution in [1.82, 2.24) is 9.97 Å². The van der Waals surface area contributed by atoms with Crippen LogP contribution in [0.4, 0.5) is 11.8 Å². The number of aromatic nitrogens is 2. The standard InChI is InChI=1S/C10H8ClN4O2S/c11-8-6-9(14-10(12)13-8)15-18(16,17)7-4-2-1-3-5-7/h2-6H,(H3,12,13,14,15). The molecular formula is C10H8ClN4O2S. The van der Waals surface area contributed by atoms with Gasteiger partial charge in [-0.1, -0.05) is 23.7 Å². The summed E-state index contributed by atoms with van der Waals surface area (Å²) in [4.78, 5) is 7.45. The van der Waals surface area contributed by atoms with Crippen LogP contribution in [0.2, 0.25) is 5.15 Å². The molecule has 0 aliphatic carbocycles. The molecule has 1 radical (unpaired) electrons. The highest BCUT2D eigenvalue weighted by Gasteiger charge is 2.14. The van der Waals surface area contributed by atoms with Gasteiger partial charge in [-0.15, -0.1) is 0 Å². The Balaban J connectivity index is 2.34. The van der Waals surface area contributed by atoms with Gasteiger partial charge in [0.2, 0.25) is 5.95 Å². The molecule has 0 spiro atoms. The van der Waals surface area contributed by atoms with Crippen LogP contribution in [0.25, 0.3) is 0 Å². The quantitative estimate of drug-likeness (QED) is 0.828. The van der Waals surface area contributed by atoms with Gasteiger partial charge in [0.05, 0.1) is 4.90 Å². The van der Waals surface area contributed by atoms with Crippen molar-refractivity contribution in [1.29, 1.82) is 0 Å². The van der Waals surface area contributed by atoms with Crippen molar-refractivity contribution in [3.05, 3.63) is 41.6 Å². The fourth-order valence-corrected chi connectivity index (χ4v) is 2.42. The second kappa shape index (κ2) is 4.79. The summed E-state index contributed by atoms with van der Waals surface area (Å²) in [7, 11) is -3.72. The lowest BCUT2D eigenvalue weighted by Gasteiger charge is -2.07.